The molecule has 1 aromatic heterocycles. The lowest BCUT2D eigenvalue weighted by atomic mass is 10.2. The van der Waals surface area contributed by atoms with Gasteiger partial charge in [-0.3, -0.25) is 4.79 Å². The smallest absolute Gasteiger partial charge is 0.279 e. The largest absolute Gasteiger partial charge is 0.321 e. The lowest BCUT2D eigenvalue weighted by Crippen LogP contribution is -3.11. The van der Waals surface area contributed by atoms with Gasteiger partial charge in [0.25, 0.3) is 5.91 Å². The van der Waals surface area contributed by atoms with Gasteiger partial charge < -0.3 is 10.2 Å². The molecule has 24 heavy (non-hydrogen) atoms. The van der Waals surface area contributed by atoms with E-state index in [9.17, 15) is 13.2 Å². The Kier molecular flexibility index (Phi) is 5.00. The number of rotatable bonds is 5. The highest BCUT2D eigenvalue weighted by atomic mass is 32.2. The summed E-state index contributed by atoms with van der Waals surface area (Å²) in [6.45, 7) is 1.39. The van der Waals surface area contributed by atoms with Gasteiger partial charge in [-0.15, -0.1) is 11.3 Å². The zero-order valence-corrected chi connectivity index (χ0v) is 14.7. The van der Waals surface area contributed by atoms with E-state index < -0.39 is 10.0 Å². The van der Waals surface area contributed by atoms with E-state index in [0.717, 1.165) is 19.4 Å². The summed E-state index contributed by atoms with van der Waals surface area (Å²) < 4.78 is 22.5. The van der Waals surface area contributed by atoms with Crippen LogP contribution in [0, 0.1) is 0 Å². The number of carbonyl (C=O) groups excluding carboxylic acids is 1. The lowest BCUT2D eigenvalue weighted by molar-refractivity contribution is -0.910. The van der Waals surface area contributed by atoms with E-state index in [1.54, 1.807) is 23.5 Å². The van der Waals surface area contributed by atoms with Crippen molar-refractivity contribution in [1.82, 2.24) is 0 Å². The fraction of sp³-hybridized carbons (Fsp3) is 0.312. The first-order chi connectivity index (χ1) is 11.4. The third kappa shape index (κ3) is 4.02. The Hall–Kier alpha value is -1.74. The highest BCUT2D eigenvalue weighted by Gasteiger charge is 2.32. The SMILES string of the molecule is NS(=O)(=O)c1ccc(NC(=O)C[NH+]2CCC[C@@H]2c2cccs2)cc1. The second kappa shape index (κ2) is 7.02. The van der Waals surface area contributed by atoms with Gasteiger partial charge in [-0.25, -0.2) is 13.6 Å². The Bertz CT molecular complexity index is 802. The van der Waals surface area contributed by atoms with E-state index in [1.807, 2.05) is 6.07 Å². The molecular weight excluding hydrogens is 346 g/mol. The normalized spacial score (nSPS) is 20.9. The van der Waals surface area contributed by atoms with Crippen LogP contribution in [-0.4, -0.2) is 27.4 Å². The van der Waals surface area contributed by atoms with Crippen LogP contribution in [0.2, 0.25) is 0 Å². The van der Waals surface area contributed by atoms with Gasteiger partial charge in [0.05, 0.1) is 16.3 Å². The number of hydrogen-bond donors (Lipinski definition) is 3. The van der Waals surface area contributed by atoms with Crippen LogP contribution < -0.4 is 15.4 Å². The van der Waals surface area contributed by atoms with E-state index in [-0.39, 0.29) is 10.8 Å². The standard InChI is InChI=1S/C16H19N3O3S2/c17-24(21,22)13-7-5-12(6-8-13)18-16(20)11-19-9-1-3-14(19)15-4-2-10-23-15/h2,4-8,10,14H,1,3,9,11H2,(H,18,20)(H2,17,21,22)/p+1/t14-/m1/s1. The number of hydrogen-bond acceptors (Lipinski definition) is 4. The molecule has 0 spiro atoms. The fourth-order valence-electron chi connectivity index (χ4n) is 3.10. The Morgan fingerprint density at radius 3 is 2.67 bits per heavy atom. The number of nitrogens with two attached hydrogens (primary N) is 1. The Morgan fingerprint density at radius 1 is 1.29 bits per heavy atom. The van der Waals surface area contributed by atoms with Crippen molar-refractivity contribution < 1.29 is 18.1 Å². The molecule has 0 bridgehead atoms. The first-order valence-electron chi connectivity index (χ1n) is 7.74. The molecule has 128 valence electrons. The molecule has 2 aromatic rings. The van der Waals surface area contributed by atoms with Gasteiger partial charge in [0.15, 0.2) is 6.54 Å². The van der Waals surface area contributed by atoms with Crippen LogP contribution in [0.3, 0.4) is 0 Å². The van der Waals surface area contributed by atoms with Gasteiger partial charge >= 0.3 is 0 Å². The summed E-state index contributed by atoms with van der Waals surface area (Å²) in [5.74, 6) is -0.0724. The summed E-state index contributed by atoms with van der Waals surface area (Å²) >= 11 is 1.74. The molecule has 1 aromatic carbocycles. The quantitative estimate of drug-likeness (QED) is 0.729. The van der Waals surface area contributed by atoms with Crippen LogP contribution in [-0.2, 0) is 14.8 Å². The molecule has 3 rings (SSSR count). The van der Waals surface area contributed by atoms with Gasteiger partial charge in [0.2, 0.25) is 10.0 Å². The Balaban J connectivity index is 1.61. The summed E-state index contributed by atoms with van der Waals surface area (Å²) in [7, 11) is -3.71. The number of amides is 1. The Morgan fingerprint density at radius 2 is 2.04 bits per heavy atom. The molecule has 1 aliphatic rings. The van der Waals surface area contributed by atoms with Gasteiger partial charge in [-0.1, -0.05) is 6.07 Å². The number of thiophene rings is 1. The van der Waals surface area contributed by atoms with Crippen LogP contribution in [0.4, 0.5) is 5.69 Å². The van der Waals surface area contributed by atoms with Crippen molar-refractivity contribution in [3.8, 4) is 0 Å². The summed E-state index contributed by atoms with van der Waals surface area (Å²) in [5, 5.41) is 9.95. The lowest BCUT2D eigenvalue weighted by Gasteiger charge is -2.20. The van der Waals surface area contributed by atoms with E-state index in [0.29, 0.717) is 18.3 Å². The molecule has 0 saturated carbocycles. The highest BCUT2D eigenvalue weighted by Crippen LogP contribution is 2.23. The minimum Gasteiger partial charge on any atom is -0.321 e. The van der Waals surface area contributed by atoms with Crippen LogP contribution >= 0.6 is 11.3 Å². The minimum atomic E-state index is -3.71. The maximum atomic E-state index is 12.3. The van der Waals surface area contributed by atoms with Gasteiger partial charge in [-0.05, 0) is 35.7 Å². The van der Waals surface area contributed by atoms with Crippen molar-refractivity contribution in [2.24, 2.45) is 5.14 Å². The monoisotopic (exact) mass is 366 g/mol. The van der Waals surface area contributed by atoms with Gasteiger partial charge in [0, 0.05) is 18.5 Å². The molecule has 0 aliphatic carbocycles. The van der Waals surface area contributed by atoms with E-state index in [4.69, 9.17) is 5.14 Å². The van der Waals surface area contributed by atoms with E-state index in [2.05, 4.69) is 16.8 Å². The van der Waals surface area contributed by atoms with Crippen molar-refractivity contribution >= 4 is 33.0 Å². The molecular formula is C16H20N3O3S2+. The number of sulfonamides is 1. The van der Waals surface area contributed by atoms with Gasteiger partial charge in [0.1, 0.15) is 6.04 Å². The van der Waals surface area contributed by atoms with Crippen LogP contribution in [0.1, 0.15) is 23.8 Å². The molecule has 4 N–H and O–H groups in total. The zero-order chi connectivity index (χ0) is 17.2. The number of quaternary nitrogens is 1. The van der Waals surface area contributed by atoms with E-state index in [1.165, 1.54) is 21.9 Å². The molecule has 2 heterocycles. The number of carbonyl (C=O) groups is 1. The zero-order valence-electron chi connectivity index (χ0n) is 13.1. The first-order valence-corrected chi connectivity index (χ1v) is 10.2. The molecule has 2 atom stereocenters. The van der Waals surface area contributed by atoms with Crippen molar-refractivity contribution in [1.29, 1.82) is 0 Å². The second-order valence-corrected chi connectivity index (χ2v) is 8.45. The summed E-state index contributed by atoms with van der Waals surface area (Å²) in [6.07, 6.45) is 2.22. The molecule has 1 aliphatic heterocycles. The highest BCUT2D eigenvalue weighted by molar-refractivity contribution is 7.89. The fourth-order valence-corrected chi connectivity index (χ4v) is 4.53. The third-order valence-corrected chi connectivity index (χ3v) is 6.14. The molecule has 8 heteroatoms. The molecule has 6 nitrogen and oxygen atoms in total. The predicted octanol–water partition coefficient (Wildman–Crippen LogP) is 0.754. The average Bonchev–Trinajstić information content (AvgIpc) is 3.17. The van der Waals surface area contributed by atoms with Crippen molar-refractivity contribution in [2.75, 3.05) is 18.4 Å². The second-order valence-electron chi connectivity index (χ2n) is 5.91. The first kappa shape index (κ1) is 17.1. The Labute approximate surface area is 145 Å². The molecule has 1 saturated heterocycles. The number of nitrogens with one attached hydrogen (secondary N) is 2. The van der Waals surface area contributed by atoms with Crippen molar-refractivity contribution in [3.05, 3.63) is 46.7 Å². The number of likely N-dealkylation sites (tertiary alicyclic amines) is 1. The molecule has 1 fully saturated rings. The number of anilines is 1. The molecule has 0 radical (unpaired) electrons. The molecule has 1 unspecified atom stereocenters. The van der Waals surface area contributed by atoms with Crippen molar-refractivity contribution in [2.45, 2.75) is 23.8 Å². The van der Waals surface area contributed by atoms with Gasteiger partial charge in [-0.2, -0.15) is 0 Å². The third-order valence-electron chi connectivity index (χ3n) is 4.22. The van der Waals surface area contributed by atoms with E-state index >= 15 is 0 Å². The predicted molar refractivity (Wildman–Crippen MR) is 93.4 cm³/mol. The van der Waals surface area contributed by atoms with Crippen LogP contribution in [0.25, 0.3) is 0 Å². The summed E-state index contributed by atoms with van der Waals surface area (Å²) in [4.78, 5) is 14.9. The maximum absolute atomic E-state index is 12.3. The number of primary sulfonamides is 1. The van der Waals surface area contributed by atoms with Crippen molar-refractivity contribution in [3.63, 3.8) is 0 Å². The summed E-state index contributed by atoms with van der Waals surface area (Å²) in [5.41, 5.74) is 0.568. The topological polar surface area (TPSA) is 93.7 Å². The summed E-state index contributed by atoms with van der Waals surface area (Å²) in [6, 6.07) is 10.4. The van der Waals surface area contributed by atoms with Crippen LogP contribution in [0.5, 0.6) is 0 Å². The minimum absolute atomic E-state index is 0.0310. The maximum Gasteiger partial charge on any atom is 0.279 e. The number of benzene rings is 1. The average molecular weight is 366 g/mol. The van der Waals surface area contributed by atoms with Crippen LogP contribution in [0.15, 0.2) is 46.7 Å². The molecule has 1 amide bonds.